The topological polar surface area (TPSA) is 61.4 Å². The first-order valence-corrected chi connectivity index (χ1v) is 8.77. The van der Waals surface area contributed by atoms with E-state index < -0.39 is 0 Å². The summed E-state index contributed by atoms with van der Waals surface area (Å²) < 4.78 is 0. The molecule has 1 fully saturated rings. The summed E-state index contributed by atoms with van der Waals surface area (Å²) in [5.41, 5.74) is 2.24. The fraction of sp³-hybridized carbons (Fsp3) is 0.238. The second-order valence-electron chi connectivity index (χ2n) is 6.40. The minimum absolute atomic E-state index is 0.151. The number of hydrogen-bond donors (Lipinski definition) is 2. The number of carbonyl (C=O) groups is 2. The molecular weight excluding hydrogens is 326 g/mol. The van der Waals surface area contributed by atoms with Gasteiger partial charge in [-0.25, -0.2) is 0 Å². The quantitative estimate of drug-likeness (QED) is 0.816. The van der Waals surface area contributed by atoms with Crippen LogP contribution in [0.3, 0.4) is 0 Å². The van der Waals surface area contributed by atoms with Crippen LogP contribution in [0.2, 0.25) is 0 Å². The zero-order chi connectivity index (χ0) is 18.4. The number of hydrogen-bond acceptors (Lipinski definition) is 3. The van der Waals surface area contributed by atoms with Crippen LogP contribution in [0.1, 0.15) is 18.9 Å². The molecule has 0 aliphatic carbocycles. The van der Waals surface area contributed by atoms with Crippen LogP contribution in [-0.2, 0) is 9.59 Å². The summed E-state index contributed by atoms with van der Waals surface area (Å²) in [7, 11) is 0. The monoisotopic (exact) mass is 349 g/mol. The van der Waals surface area contributed by atoms with Crippen molar-refractivity contribution in [1.82, 2.24) is 10.2 Å². The minimum atomic E-state index is -0.251. The molecule has 1 aliphatic heterocycles. The lowest BCUT2D eigenvalue weighted by atomic mass is 10.2. The van der Waals surface area contributed by atoms with Crippen molar-refractivity contribution in [3.63, 3.8) is 0 Å². The van der Waals surface area contributed by atoms with Crippen molar-refractivity contribution >= 4 is 23.6 Å². The predicted octanol–water partition coefficient (Wildman–Crippen LogP) is 2.88. The highest BCUT2D eigenvalue weighted by Gasteiger charge is 2.28. The molecule has 0 aromatic heterocycles. The molecule has 0 bridgehead atoms. The first-order valence-electron chi connectivity index (χ1n) is 8.77. The summed E-state index contributed by atoms with van der Waals surface area (Å²) in [6.45, 7) is 2.68. The summed E-state index contributed by atoms with van der Waals surface area (Å²) >= 11 is 0. The van der Waals surface area contributed by atoms with Crippen LogP contribution in [-0.4, -0.2) is 35.8 Å². The summed E-state index contributed by atoms with van der Waals surface area (Å²) in [5.74, 6) is -0.403. The second kappa shape index (κ2) is 8.34. The molecular formula is C21H23N3O2. The number of para-hydroxylation sites is 1. The molecule has 1 heterocycles. The third-order valence-electron chi connectivity index (χ3n) is 4.27. The molecule has 0 radical (unpaired) electrons. The average Bonchev–Trinajstić information content (AvgIpc) is 3.10. The van der Waals surface area contributed by atoms with Gasteiger partial charge in [0.2, 0.25) is 5.91 Å². The Morgan fingerprint density at radius 3 is 2.35 bits per heavy atom. The molecule has 134 valence electrons. The maximum Gasteiger partial charge on any atom is 0.270 e. The smallest absolute Gasteiger partial charge is 0.270 e. The fourth-order valence-corrected chi connectivity index (χ4v) is 3.06. The van der Waals surface area contributed by atoms with E-state index in [-0.39, 0.29) is 17.9 Å². The molecule has 26 heavy (non-hydrogen) atoms. The Kier molecular flexibility index (Phi) is 5.69. The van der Waals surface area contributed by atoms with E-state index in [1.807, 2.05) is 60.7 Å². The standard InChI is InChI=1S/C21H23N3O2/c1-16(25)22-20(14-17-8-4-2-5-9-17)21(26)24-13-12-19(15-24)23-18-10-6-3-7-11-18/h2-11,14,19,23H,12-13,15H2,1H3,(H,22,25). The summed E-state index contributed by atoms with van der Waals surface area (Å²) in [5, 5.41) is 6.13. The van der Waals surface area contributed by atoms with E-state index in [1.54, 1.807) is 11.0 Å². The molecule has 5 heteroatoms. The van der Waals surface area contributed by atoms with Crippen molar-refractivity contribution in [2.24, 2.45) is 0 Å². The van der Waals surface area contributed by atoms with Gasteiger partial charge in [-0.15, -0.1) is 0 Å². The van der Waals surface area contributed by atoms with E-state index in [4.69, 9.17) is 0 Å². The number of nitrogens with zero attached hydrogens (tertiary/aromatic N) is 1. The lowest BCUT2D eigenvalue weighted by molar-refractivity contribution is -0.128. The van der Waals surface area contributed by atoms with Crippen molar-refractivity contribution in [3.8, 4) is 0 Å². The lowest BCUT2D eigenvalue weighted by Crippen LogP contribution is -2.37. The third-order valence-corrected chi connectivity index (χ3v) is 4.27. The molecule has 1 saturated heterocycles. The van der Waals surface area contributed by atoms with Gasteiger partial charge in [0.15, 0.2) is 0 Å². The SMILES string of the molecule is CC(=O)NC(=Cc1ccccc1)C(=O)N1CCC(Nc2ccccc2)C1. The number of nitrogens with one attached hydrogen (secondary N) is 2. The van der Waals surface area contributed by atoms with Crippen LogP contribution < -0.4 is 10.6 Å². The maximum atomic E-state index is 12.9. The third kappa shape index (κ3) is 4.72. The highest BCUT2D eigenvalue weighted by molar-refractivity contribution is 6.01. The van der Waals surface area contributed by atoms with Gasteiger partial charge in [-0.2, -0.15) is 0 Å². The van der Waals surface area contributed by atoms with Crippen molar-refractivity contribution in [2.45, 2.75) is 19.4 Å². The van der Waals surface area contributed by atoms with Gasteiger partial charge in [0.25, 0.3) is 5.91 Å². The molecule has 1 unspecified atom stereocenters. The fourth-order valence-electron chi connectivity index (χ4n) is 3.06. The van der Waals surface area contributed by atoms with Crippen LogP contribution in [0, 0.1) is 0 Å². The Hall–Kier alpha value is -3.08. The van der Waals surface area contributed by atoms with E-state index >= 15 is 0 Å². The first-order chi connectivity index (χ1) is 12.6. The second-order valence-corrected chi connectivity index (χ2v) is 6.40. The maximum absolute atomic E-state index is 12.9. The van der Waals surface area contributed by atoms with E-state index in [2.05, 4.69) is 10.6 Å². The molecule has 2 aromatic rings. The Morgan fingerprint density at radius 1 is 1.04 bits per heavy atom. The van der Waals surface area contributed by atoms with Crippen LogP contribution in [0.4, 0.5) is 5.69 Å². The van der Waals surface area contributed by atoms with Gasteiger partial charge in [0.05, 0.1) is 0 Å². The van der Waals surface area contributed by atoms with Crippen LogP contribution in [0.5, 0.6) is 0 Å². The predicted molar refractivity (Wildman–Crippen MR) is 103 cm³/mol. The van der Waals surface area contributed by atoms with Gasteiger partial charge in [0.1, 0.15) is 5.70 Å². The zero-order valence-corrected chi connectivity index (χ0v) is 14.8. The average molecular weight is 349 g/mol. The number of likely N-dealkylation sites (tertiary alicyclic amines) is 1. The largest absolute Gasteiger partial charge is 0.380 e. The highest BCUT2D eigenvalue weighted by Crippen LogP contribution is 2.18. The van der Waals surface area contributed by atoms with Crippen molar-refractivity contribution in [2.75, 3.05) is 18.4 Å². The minimum Gasteiger partial charge on any atom is -0.380 e. The van der Waals surface area contributed by atoms with Crippen LogP contribution in [0.15, 0.2) is 66.4 Å². The Balaban J connectivity index is 1.69. The molecule has 1 atom stereocenters. The number of carbonyl (C=O) groups excluding carboxylic acids is 2. The lowest BCUT2D eigenvalue weighted by Gasteiger charge is -2.19. The van der Waals surface area contributed by atoms with E-state index in [9.17, 15) is 9.59 Å². The van der Waals surface area contributed by atoms with Gasteiger partial charge < -0.3 is 15.5 Å². The molecule has 5 nitrogen and oxygen atoms in total. The molecule has 2 N–H and O–H groups in total. The van der Waals surface area contributed by atoms with Crippen molar-refractivity contribution in [3.05, 3.63) is 71.9 Å². The van der Waals surface area contributed by atoms with E-state index in [1.165, 1.54) is 6.92 Å². The molecule has 2 amide bonds. The summed E-state index contributed by atoms with van der Waals surface area (Å²) in [4.78, 5) is 26.2. The summed E-state index contributed by atoms with van der Waals surface area (Å²) in [6.07, 6.45) is 2.60. The number of amides is 2. The molecule has 0 spiro atoms. The summed E-state index contributed by atoms with van der Waals surface area (Å²) in [6, 6.07) is 19.7. The van der Waals surface area contributed by atoms with Crippen molar-refractivity contribution < 1.29 is 9.59 Å². The molecule has 1 aliphatic rings. The van der Waals surface area contributed by atoms with E-state index in [0.29, 0.717) is 18.8 Å². The molecule has 3 rings (SSSR count). The zero-order valence-electron chi connectivity index (χ0n) is 14.8. The Bertz CT molecular complexity index is 787. The highest BCUT2D eigenvalue weighted by atomic mass is 16.2. The normalized spacial score (nSPS) is 17.0. The van der Waals surface area contributed by atoms with Gasteiger partial charge in [0, 0.05) is 31.7 Å². The van der Waals surface area contributed by atoms with Gasteiger partial charge in [-0.1, -0.05) is 48.5 Å². The van der Waals surface area contributed by atoms with Gasteiger partial charge in [-0.3, -0.25) is 9.59 Å². The number of anilines is 1. The van der Waals surface area contributed by atoms with E-state index in [0.717, 1.165) is 17.7 Å². The number of benzene rings is 2. The van der Waals surface area contributed by atoms with Crippen LogP contribution >= 0.6 is 0 Å². The van der Waals surface area contributed by atoms with Gasteiger partial charge in [-0.05, 0) is 30.2 Å². The molecule has 0 saturated carbocycles. The number of rotatable bonds is 5. The van der Waals surface area contributed by atoms with Crippen molar-refractivity contribution in [1.29, 1.82) is 0 Å². The Morgan fingerprint density at radius 2 is 1.69 bits per heavy atom. The van der Waals surface area contributed by atoms with Gasteiger partial charge >= 0.3 is 0 Å². The van der Waals surface area contributed by atoms with Crippen LogP contribution in [0.25, 0.3) is 6.08 Å². The first kappa shape index (κ1) is 17.7. The molecule has 2 aromatic carbocycles. The Labute approximate surface area is 153 Å².